The van der Waals surface area contributed by atoms with Gasteiger partial charge in [-0.05, 0) is 12.8 Å². The zero-order chi connectivity index (χ0) is 11.1. The molecule has 15 heavy (non-hydrogen) atoms. The van der Waals surface area contributed by atoms with E-state index in [-0.39, 0.29) is 0 Å². The molecule has 0 saturated carbocycles. The summed E-state index contributed by atoms with van der Waals surface area (Å²) in [4.78, 5) is 2.14. The molecule has 0 N–H and O–H groups in total. The van der Waals surface area contributed by atoms with E-state index in [2.05, 4.69) is 31.3 Å². The molecule has 2 nitrogen and oxygen atoms in total. The Labute approximate surface area is 99.2 Å². The van der Waals surface area contributed by atoms with Gasteiger partial charge in [-0.3, -0.25) is 0 Å². The summed E-state index contributed by atoms with van der Waals surface area (Å²) in [6.07, 6.45) is 12.2. The highest BCUT2D eigenvalue weighted by Crippen LogP contribution is 2.22. The van der Waals surface area contributed by atoms with Crippen molar-refractivity contribution in [2.45, 2.75) is 45.4 Å². The molecular formula is C12H24ClN2+. The minimum Gasteiger partial charge on any atom is -0.328 e. The second-order valence-electron chi connectivity index (χ2n) is 4.61. The average Bonchev–Trinajstić information content (AvgIpc) is 2.53. The van der Waals surface area contributed by atoms with Gasteiger partial charge >= 0.3 is 0 Å². The maximum atomic E-state index is 6.41. The van der Waals surface area contributed by atoms with Crippen molar-refractivity contribution in [2.24, 2.45) is 0 Å². The first-order chi connectivity index (χ1) is 7.16. The number of quaternary nitrogens is 1. The van der Waals surface area contributed by atoms with Crippen LogP contribution in [0, 0.1) is 0 Å². The molecule has 1 aliphatic rings. The molecular weight excluding hydrogens is 208 g/mol. The average molecular weight is 232 g/mol. The van der Waals surface area contributed by atoms with Crippen LogP contribution in [0.5, 0.6) is 0 Å². The molecule has 0 bridgehead atoms. The summed E-state index contributed by atoms with van der Waals surface area (Å²) in [7, 11) is 2.07. The Hall–Kier alpha value is -0.210. The smallest absolute Gasteiger partial charge is 0.175 e. The van der Waals surface area contributed by atoms with Crippen molar-refractivity contribution >= 4 is 11.8 Å². The van der Waals surface area contributed by atoms with Gasteiger partial charge in [-0.25, -0.2) is 0 Å². The molecule has 0 spiro atoms. The van der Waals surface area contributed by atoms with Crippen molar-refractivity contribution < 1.29 is 4.00 Å². The monoisotopic (exact) mass is 231 g/mol. The highest BCUT2D eigenvalue weighted by atomic mass is 35.5. The maximum absolute atomic E-state index is 6.41. The lowest BCUT2D eigenvalue weighted by atomic mass is 10.1. The molecule has 0 radical (unpaired) electrons. The Balaban J connectivity index is 2.03. The topological polar surface area (TPSA) is 3.24 Å². The standard InChI is InChI=1S/C12H24ClN2/c1-3-4-5-6-7-8-10-15(13)11-9-14(2)12-15/h9,11H,3-8,10,12H2,1-2H3/q+1. The zero-order valence-corrected chi connectivity index (χ0v) is 10.8. The molecule has 0 aromatic carbocycles. The molecule has 3 heteroatoms. The van der Waals surface area contributed by atoms with E-state index in [1.54, 1.807) is 0 Å². The fourth-order valence-electron chi connectivity index (χ4n) is 2.00. The molecule has 1 rings (SSSR count). The predicted molar refractivity (Wildman–Crippen MR) is 66.1 cm³/mol. The SMILES string of the molecule is CCCCCCCC[N+]1(Cl)C=CN(C)C1. The maximum Gasteiger partial charge on any atom is 0.175 e. The van der Waals surface area contributed by atoms with E-state index in [0.717, 1.165) is 13.2 Å². The number of rotatable bonds is 7. The van der Waals surface area contributed by atoms with Crippen LogP contribution in [0.15, 0.2) is 12.4 Å². The van der Waals surface area contributed by atoms with E-state index in [4.69, 9.17) is 11.8 Å². The summed E-state index contributed by atoms with van der Waals surface area (Å²) in [6, 6.07) is 0. The Morgan fingerprint density at radius 1 is 1.20 bits per heavy atom. The van der Waals surface area contributed by atoms with Crippen LogP contribution in [0.1, 0.15) is 45.4 Å². The minimum atomic E-state index is 0.574. The summed E-state index contributed by atoms with van der Waals surface area (Å²) < 4.78 is 0.574. The second kappa shape index (κ2) is 6.39. The summed E-state index contributed by atoms with van der Waals surface area (Å²) >= 11 is 6.41. The third-order valence-electron chi connectivity index (χ3n) is 2.93. The molecule has 0 aromatic rings. The van der Waals surface area contributed by atoms with Crippen LogP contribution in [-0.2, 0) is 0 Å². The third kappa shape index (κ3) is 4.89. The summed E-state index contributed by atoms with van der Waals surface area (Å²) in [6.45, 7) is 4.23. The Morgan fingerprint density at radius 2 is 1.87 bits per heavy atom. The van der Waals surface area contributed by atoms with Gasteiger partial charge in [0, 0.05) is 7.05 Å². The van der Waals surface area contributed by atoms with E-state index in [0.29, 0.717) is 4.00 Å². The summed E-state index contributed by atoms with van der Waals surface area (Å²) in [5.41, 5.74) is 0. The van der Waals surface area contributed by atoms with Crippen LogP contribution in [0.3, 0.4) is 0 Å². The zero-order valence-electron chi connectivity index (χ0n) is 10.1. The summed E-state index contributed by atoms with van der Waals surface area (Å²) in [5, 5.41) is 0. The lowest BCUT2D eigenvalue weighted by molar-refractivity contribution is -0.763. The van der Waals surface area contributed by atoms with Crippen molar-refractivity contribution in [1.82, 2.24) is 4.90 Å². The third-order valence-corrected chi connectivity index (χ3v) is 3.32. The molecule has 0 saturated heterocycles. The summed E-state index contributed by atoms with van der Waals surface area (Å²) in [5.74, 6) is 0. The molecule has 1 aliphatic heterocycles. The molecule has 0 aromatic heterocycles. The van der Waals surface area contributed by atoms with Gasteiger partial charge < -0.3 is 4.90 Å². The molecule has 1 unspecified atom stereocenters. The van der Waals surface area contributed by atoms with Crippen LogP contribution in [0.2, 0.25) is 0 Å². The first-order valence-corrected chi connectivity index (χ1v) is 6.46. The molecule has 0 fully saturated rings. The molecule has 1 heterocycles. The van der Waals surface area contributed by atoms with Crippen LogP contribution in [-0.4, -0.2) is 29.2 Å². The van der Waals surface area contributed by atoms with Crippen molar-refractivity contribution in [1.29, 1.82) is 0 Å². The van der Waals surface area contributed by atoms with E-state index >= 15 is 0 Å². The largest absolute Gasteiger partial charge is 0.328 e. The fraction of sp³-hybridized carbons (Fsp3) is 0.833. The van der Waals surface area contributed by atoms with Crippen LogP contribution in [0.25, 0.3) is 0 Å². The molecule has 0 amide bonds. The number of nitrogens with zero attached hydrogens (tertiary/aromatic N) is 2. The van der Waals surface area contributed by atoms with Gasteiger partial charge in [0.2, 0.25) is 0 Å². The highest BCUT2D eigenvalue weighted by molar-refractivity contribution is 6.07. The van der Waals surface area contributed by atoms with Crippen molar-refractivity contribution in [2.75, 3.05) is 20.3 Å². The van der Waals surface area contributed by atoms with Crippen molar-refractivity contribution in [3.8, 4) is 0 Å². The van der Waals surface area contributed by atoms with Gasteiger partial charge in [0.15, 0.2) is 18.4 Å². The lowest BCUT2D eigenvalue weighted by Crippen LogP contribution is -2.35. The van der Waals surface area contributed by atoms with E-state index < -0.39 is 0 Å². The molecule has 1 atom stereocenters. The predicted octanol–water partition coefficient (Wildman–Crippen LogP) is 3.69. The normalized spacial score (nSPS) is 25.1. The van der Waals surface area contributed by atoms with Gasteiger partial charge in [-0.15, -0.1) is 0 Å². The number of halogens is 1. The minimum absolute atomic E-state index is 0.574. The first-order valence-electron chi connectivity index (χ1n) is 6.12. The first kappa shape index (κ1) is 12.9. The highest BCUT2D eigenvalue weighted by Gasteiger charge is 2.28. The Kier molecular flexibility index (Phi) is 5.48. The van der Waals surface area contributed by atoms with Crippen molar-refractivity contribution in [3.05, 3.63) is 12.4 Å². The number of unbranched alkanes of at least 4 members (excludes halogenated alkanes) is 5. The van der Waals surface area contributed by atoms with Crippen LogP contribution < -0.4 is 0 Å². The Morgan fingerprint density at radius 3 is 2.47 bits per heavy atom. The van der Waals surface area contributed by atoms with Crippen LogP contribution in [0.4, 0.5) is 0 Å². The van der Waals surface area contributed by atoms with E-state index in [9.17, 15) is 0 Å². The fourth-order valence-corrected chi connectivity index (χ4v) is 2.34. The van der Waals surface area contributed by atoms with E-state index in [1.807, 2.05) is 0 Å². The lowest BCUT2D eigenvalue weighted by Gasteiger charge is -2.22. The van der Waals surface area contributed by atoms with Gasteiger partial charge in [0.05, 0.1) is 6.20 Å². The molecule has 88 valence electrons. The van der Waals surface area contributed by atoms with Crippen LogP contribution >= 0.6 is 11.8 Å². The van der Waals surface area contributed by atoms with Gasteiger partial charge in [0.25, 0.3) is 0 Å². The van der Waals surface area contributed by atoms with Crippen molar-refractivity contribution in [3.63, 3.8) is 0 Å². The number of hydrogen-bond acceptors (Lipinski definition) is 1. The Bertz CT molecular complexity index is 206. The van der Waals surface area contributed by atoms with Gasteiger partial charge in [0.1, 0.15) is 12.7 Å². The second-order valence-corrected chi connectivity index (χ2v) is 5.29. The van der Waals surface area contributed by atoms with Gasteiger partial charge in [-0.2, -0.15) is 4.00 Å². The number of hydrogen-bond donors (Lipinski definition) is 0. The van der Waals surface area contributed by atoms with Gasteiger partial charge in [-0.1, -0.05) is 32.6 Å². The molecule has 0 aliphatic carbocycles. The van der Waals surface area contributed by atoms with E-state index in [1.165, 1.54) is 38.5 Å². The quantitative estimate of drug-likeness (QED) is 0.477.